The lowest BCUT2D eigenvalue weighted by Crippen LogP contribution is -2.20. The first-order valence-electron chi connectivity index (χ1n) is 13.9. The molecule has 194 valence electrons. The highest BCUT2D eigenvalue weighted by atomic mass is 35.5. The molecule has 0 heterocycles. The van der Waals surface area contributed by atoms with Crippen LogP contribution in [-0.2, 0) is 0 Å². The van der Waals surface area contributed by atoms with Crippen LogP contribution in [0.2, 0.25) is 10.0 Å². The molecule has 0 N–H and O–H groups in total. The Labute approximate surface area is 248 Å². The smallest absolute Gasteiger partial charge is 0.0406 e. The average Bonchev–Trinajstić information content (AvgIpc) is 3.68. The Kier molecular flexibility index (Phi) is 5.74. The van der Waals surface area contributed by atoms with E-state index in [0.717, 1.165) is 27.6 Å². The van der Waals surface area contributed by atoms with Crippen LogP contribution in [0, 0.1) is 0 Å². The van der Waals surface area contributed by atoms with Gasteiger partial charge in [-0.05, 0) is 113 Å². The zero-order valence-corrected chi connectivity index (χ0v) is 23.7. The van der Waals surface area contributed by atoms with Crippen LogP contribution in [0.4, 0.5) is 0 Å². The summed E-state index contributed by atoms with van der Waals surface area (Å²) < 4.78 is 0. The number of halogens is 2. The average molecular weight is 564 g/mol. The lowest BCUT2D eigenvalue weighted by molar-refractivity contribution is 1.38. The van der Waals surface area contributed by atoms with E-state index in [1.54, 1.807) is 0 Å². The molecule has 0 bridgehead atoms. The summed E-state index contributed by atoms with van der Waals surface area (Å²) in [6, 6.07) is 38.6. The van der Waals surface area contributed by atoms with Crippen LogP contribution in [0.3, 0.4) is 0 Å². The SMILES string of the molecule is Clc1ccc(C(c2ccc(Cl)cc2)=c2ccc3c(c2C2=CC=CC2)-c2c(c4ccccc4c4ccccc24)C=3)cc1. The van der Waals surface area contributed by atoms with Crippen molar-refractivity contribution in [3.8, 4) is 11.1 Å². The van der Waals surface area contributed by atoms with E-state index >= 15 is 0 Å². The van der Waals surface area contributed by atoms with Crippen LogP contribution < -0.4 is 10.4 Å². The van der Waals surface area contributed by atoms with Crippen molar-refractivity contribution in [2.75, 3.05) is 0 Å². The van der Waals surface area contributed by atoms with Crippen LogP contribution in [0.5, 0.6) is 0 Å². The molecule has 0 aromatic heterocycles. The molecule has 0 atom stereocenters. The molecule has 0 fully saturated rings. The van der Waals surface area contributed by atoms with Crippen molar-refractivity contribution in [2.24, 2.45) is 0 Å². The van der Waals surface area contributed by atoms with E-state index in [4.69, 9.17) is 23.2 Å². The molecule has 41 heavy (non-hydrogen) atoms. The minimum absolute atomic E-state index is 0.725. The Bertz CT molecular complexity index is 2170. The first-order chi connectivity index (χ1) is 20.2. The molecule has 0 saturated heterocycles. The van der Waals surface area contributed by atoms with E-state index in [-0.39, 0.29) is 0 Å². The minimum Gasteiger partial charge on any atom is -0.0843 e. The fourth-order valence-electron chi connectivity index (χ4n) is 6.64. The Morgan fingerprint density at radius 1 is 0.537 bits per heavy atom. The van der Waals surface area contributed by atoms with E-state index in [0.29, 0.717) is 0 Å². The molecular formula is C39H24Cl2. The lowest BCUT2D eigenvalue weighted by Gasteiger charge is -2.18. The number of allylic oxidation sites excluding steroid dienone is 4. The molecule has 0 radical (unpaired) electrons. The van der Waals surface area contributed by atoms with Gasteiger partial charge < -0.3 is 0 Å². The van der Waals surface area contributed by atoms with Gasteiger partial charge in [-0.15, -0.1) is 0 Å². The van der Waals surface area contributed by atoms with Gasteiger partial charge in [0.2, 0.25) is 0 Å². The summed E-state index contributed by atoms with van der Waals surface area (Å²) in [6.07, 6.45) is 10.0. The van der Waals surface area contributed by atoms with Crippen molar-refractivity contribution in [2.45, 2.75) is 6.42 Å². The number of fused-ring (bicyclic) bond motifs is 8. The largest absolute Gasteiger partial charge is 0.0843 e. The second kappa shape index (κ2) is 9.63. The first kappa shape index (κ1) is 24.4. The van der Waals surface area contributed by atoms with Crippen molar-refractivity contribution in [3.05, 3.63) is 170 Å². The molecule has 2 aliphatic carbocycles. The van der Waals surface area contributed by atoms with E-state index in [2.05, 4.69) is 109 Å². The highest BCUT2D eigenvalue weighted by molar-refractivity contribution is 6.31. The van der Waals surface area contributed by atoms with Crippen molar-refractivity contribution in [3.63, 3.8) is 0 Å². The van der Waals surface area contributed by atoms with Crippen molar-refractivity contribution in [1.82, 2.24) is 0 Å². The van der Waals surface area contributed by atoms with E-state index in [1.165, 1.54) is 65.4 Å². The van der Waals surface area contributed by atoms with Crippen molar-refractivity contribution in [1.29, 1.82) is 0 Å². The van der Waals surface area contributed by atoms with Crippen LogP contribution in [-0.4, -0.2) is 0 Å². The topological polar surface area (TPSA) is 0 Å². The van der Waals surface area contributed by atoms with Crippen molar-refractivity contribution < 1.29 is 0 Å². The minimum atomic E-state index is 0.725. The molecule has 2 aliphatic rings. The van der Waals surface area contributed by atoms with E-state index in [1.807, 2.05) is 24.3 Å². The molecule has 2 heteroatoms. The quantitative estimate of drug-likeness (QED) is 0.188. The second-order valence-electron chi connectivity index (χ2n) is 10.7. The molecule has 8 rings (SSSR count). The van der Waals surface area contributed by atoms with Gasteiger partial charge in [-0.25, -0.2) is 0 Å². The maximum absolute atomic E-state index is 6.35. The third kappa shape index (κ3) is 3.90. The zero-order valence-electron chi connectivity index (χ0n) is 22.2. The molecule has 0 saturated carbocycles. The Morgan fingerprint density at radius 2 is 1.12 bits per heavy atom. The third-order valence-electron chi connectivity index (χ3n) is 8.39. The highest BCUT2D eigenvalue weighted by Gasteiger charge is 2.25. The summed E-state index contributed by atoms with van der Waals surface area (Å²) in [5.41, 5.74) is 9.98. The van der Waals surface area contributed by atoms with Crippen LogP contribution >= 0.6 is 23.2 Å². The van der Waals surface area contributed by atoms with Gasteiger partial charge in [-0.3, -0.25) is 0 Å². The molecule has 0 unspecified atom stereocenters. The van der Waals surface area contributed by atoms with Gasteiger partial charge in [-0.2, -0.15) is 0 Å². The Hall–Kier alpha value is -4.36. The highest BCUT2D eigenvalue weighted by Crippen LogP contribution is 2.43. The predicted molar refractivity (Wildman–Crippen MR) is 176 cm³/mol. The molecule has 0 spiro atoms. The fourth-order valence-corrected chi connectivity index (χ4v) is 6.89. The summed E-state index contributed by atoms with van der Waals surface area (Å²) in [4.78, 5) is 0. The summed E-state index contributed by atoms with van der Waals surface area (Å²) >= 11 is 12.7. The first-order valence-corrected chi connectivity index (χ1v) is 14.6. The Balaban J connectivity index is 1.57. The van der Waals surface area contributed by atoms with Crippen LogP contribution in [0.15, 0.2) is 127 Å². The number of hydrogen-bond acceptors (Lipinski definition) is 0. The van der Waals surface area contributed by atoms with Crippen LogP contribution in [0.25, 0.3) is 49.9 Å². The van der Waals surface area contributed by atoms with Gasteiger partial charge in [0.05, 0.1) is 0 Å². The summed E-state index contributed by atoms with van der Waals surface area (Å²) in [6.45, 7) is 0. The van der Waals surface area contributed by atoms with Gasteiger partial charge in [0, 0.05) is 10.0 Å². The van der Waals surface area contributed by atoms with Crippen molar-refractivity contribution >= 4 is 62.0 Å². The van der Waals surface area contributed by atoms with Gasteiger partial charge in [-0.1, -0.05) is 126 Å². The monoisotopic (exact) mass is 562 g/mol. The maximum Gasteiger partial charge on any atom is 0.0406 e. The standard InChI is InChI=1S/C39H24Cl2/c40-28-18-13-25(14-19-28)36(26-15-20-29(41)21-16-26)34-22-17-27-23-35-32-11-4-3-9-30(32)31-10-5-6-12-33(31)39(35)38(27)37(34)24-7-1-2-8-24/h1-7,9-23H,8H2. The predicted octanol–water partition coefficient (Wildman–Crippen LogP) is 9.70. The number of benzene rings is 6. The van der Waals surface area contributed by atoms with Gasteiger partial charge in [0.1, 0.15) is 0 Å². The summed E-state index contributed by atoms with van der Waals surface area (Å²) in [7, 11) is 0. The number of hydrogen-bond donors (Lipinski definition) is 0. The van der Waals surface area contributed by atoms with Gasteiger partial charge >= 0.3 is 0 Å². The summed E-state index contributed by atoms with van der Waals surface area (Å²) in [5.74, 6) is 0. The molecular weight excluding hydrogens is 539 g/mol. The van der Waals surface area contributed by atoms with Gasteiger partial charge in [0.25, 0.3) is 0 Å². The maximum atomic E-state index is 6.35. The summed E-state index contributed by atoms with van der Waals surface area (Å²) in [5, 5.41) is 9.10. The molecule has 6 aromatic carbocycles. The fraction of sp³-hybridized carbons (Fsp3) is 0.0256. The van der Waals surface area contributed by atoms with E-state index in [9.17, 15) is 0 Å². The zero-order chi connectivity index (χ0) is 27.5. The molecule has 6 aromatic rings. The number of rotatable bonds is 3. The molecule has 0 amide bonds. The molecule has 0 nitrogen and oxygen atoms in total. The molecule has 0 aliphatic heterocycles. The Morgan fingerprint density at radius 3 is 1.73 bits per heavy atom. The third-order valence-corrected chi connectivity index (χ3v) is 8.89. The van der Waals surface area contributed by atoms with Crippen LogP contribution in [0.1, 0.15) is 28.7 Å². The van der Waals surface area contributed by atoms with E-state index < -0.39 is 0 Å². The van der Waals surface area contributed by atoms with Gasteiger partial charge in [0.15, 0.2) is 0 Å². The second-order valence-corrected chi connectivity index (χ2v) is 11.6. The normalized spacial score (nSPS) is 13.3. The lowest BCUT2D eigenvalue weighted by atomic mass is 9.84.